The first-order chi connectivity index (χ1) is 17.5. The van der Waals surface area contributed by atoms with E-state index in [1.807, 2.05) is 48.5 Å². The molecule has 5 rings (SSSR count). The smallest absolute Gasteiger partial charge is 0.261 e. The fraction of sp³-hybridized carbons (Fsp3) is 0.321. The fourth-order valence-corrected chi connectivity index (χ4v) is 5.08. The predicted octanol–water partition coefficient (Wildman–Crippen LogP) is 3.07. The molecule has 0 atom stereocenters. The van der Waals surface area contributed by atoms with Crippen LogP contribution in [0.5, 0.6) is 0 Å². The number of nitrogens with one attached hydrogen (secondary N) is 1. The molecule has 2 aliphatic rings. The molecule has 3 aromatic carbocycles. The van der Waals surface area contributed by atoms with E-state index < -0.39 is 0 Å². The van der Waals surface area contributed by atoms with E-state index >= 15 is 0 Å². The number of imide groups is 1. The van der Waals surface area contributed by atoms with Gasteiger partial charge in [-0.3, -0.25) is 29.1 Å². The minimum atomic E-state index is -0.224. The van der Waals surface area contributed by atoms with E-state index in [2.05, 4.69) is 15.1 Å². The van der Waals surface area contributed by atoms with Gasteiger partial charge in [-0.25, -0.2) is 0 Å². The van der Waals surface area contributed by atoms with Gasteiger partial charge in [0.25, 0.3) is 11.8 Å². The first-order valence-electron chi connectivity index (χ1n) is 12.3. The van der Waals surface area contributed by atoms with E-state index in [0.717, 1.165) is 48.9 Å². The van der Waals surface area contributed by atoms with E-state index in [0.29, 0.717) is 42.3 Å². The summed E-state index contributed by atoms with van der Waals surface area (Å²) >= 11 is 5.91. The van der Waals surface area contributed by atoms with Gasteiger partial charge < -0.3 is 5.32 Å². The van der Waals surface area contributed by atoms with Crippen LogP contribution in [-0.4, -0.2) is 84.8 Å². The van der Waals surface area contributed by atoms with Gasteiger partial charge in [0.05, 0.1) is 6.54 Å². The second-order valence-corrected chi connectivity index (χ2v) is 9.75. The van der Waals surface area contributed by atoms with Gasteiger partial charge in [0.1, 0.15) is 0 Å². The zero-order valence-corrected chi connectivity index (χ0v) is 20.8. The van der Waals surface area contributed by atoms with Crippen molar-refractivity contribution < 1.29 is 14.4 Å². The average Bonchev–Trinajstić information content (AvgIpc) is 2.89. The van der Waals surface area contributed by atoms with E-state index in [4.69, 9.17) is 11.6 Å². The van der Waals surface area contributed by atoms with Gasteiger partial charge in [0, 0.05) is 67.3 Å². The lowest BCUT2D eigenvalue weighted by molar-refractivity contribution is -0.122. The number of piperazine rings is 1. The van der Waals surface area contributed by atoms with Gasteiger partial charge in [0.2, 0.25) is 5.91 Å². The largest absolute Gasteiger partial charge is 0.355 e. The quantitative estimate of drug-likeness (QED) is 0.477. The zero-order chi connectivity index (χ0) is 25.1. The Kier molecular flexibility index (Phi) is 7.32. The minimum Gasteiger partial charge on any atom is -0.355 e. The number of carbonyl (C=O) groups excluding carboxylic acids is 3. The maximum absolute atomic E-state index is 13.1. The van der Waals surface area contributed by atoms with Crippen molar-refractivity contribution in [3.8, 4) is 0 Å². The van der Waals surface area contributed by atoms with Gasteiger partial charge in [-0.2, -0.15) is 0 Å². The number of halogens is 1. The summed E-state index contributed by atoms with van der Waals surface area (Å²) in [5.41, 5.74) is 2.32. The van der Waals surface area contributed by atoms with Crippen molar-refractivity contribution in [2.45, 2.75) is 6.42 Å². The molecule has 2 aliphatic heterocycles. The standard InChI is InChI=1S/C28H29ClN4O3/c29-22-9-7-20(8-10-22)11-12-30-25(34)19-32-15-13-31(14-16-32)17-18-33-27(35)23-5-1-3-21-4-2-6-24(26(21)23)28(33)36/h1-10H,11-19H2,(H,30,34). The van der Waals surface area contributed by atoms with Crippen LogP contribution in [0.1, 0.15) is 26.3 Å². The molecular formula is C28H29ClN4O3. The summed E-state index contributed by atoms with van der Waals surface area (Å²) in [4.78, 5) is 44.3. The summed E-state index contributed by atoms with van der Waals surface area (Å²) in [6.45, 7) is 5.07. The lowest BCUT2D eigenvalue weighted by Gasteiger charge is -2.35. The van der Waals surface area contributed by atoms with E-state index in [-0.39, 0.29) is 17.7 Å². The van der Waals surface area contributed by atoms with E-state index in [1.54, 1.807) is 12.1 Å². The first-order valence-corrected chi connectivity index (χ1v) is 12.7. The van der Waals surface area contributed by atoms with Gasteiger partial charge >= 0.3 is 0 Å². The van der Waals surface area contributed by atoms with Crippen LogP contribution >= 0.6 is 11.6 Å². The van der Waals surface area contributed by atoms with Gasteiger partial charge in [-0.05, 0) is 41.6 Å². The maximum Gasteiger partial charge on any atom is 0.261 e. The number of carbonyl (C=O) groups is 3. The van der Waals surface area contributed by atoms with Crippen molar-refractivity contribution in [2.75, 3.05) is 52.4 Å². The Balaban J connectivity index is 1.07. The molecule has 7 nitrogen and oxygen atoms in total. The first kappa shape index (κ1) is 24.4. The zero-order valence-electron chi connectivity index (χ0n) is 20.1. The van der Waals surface area contributed by atoms with Crippen LogP contribution < -0.4 is 5.32 Å². The normalized spacial score (nSPS) is 16.5. The van der Waals surface area contributed by atoms with Gasteiger partial charge in [0.15, 0.2) is 0 Å². The highest BCUT2D eigenvalue weighted by Gasteiger charge is 2.32. The Bertz CT molecular complexity index is 1230. The van der Waals surface area contributed by atoms with Crippen molar-refractivity contribution in [2.24, 2.45) is 0 Å². The molecule has 2 heterocycles. The van der Waals surface area contributed by atoms with Crippen LogP contribution in [0.15, 0.2) is 60.7 Å². The highest BCUT2D eigenvalue weighted by Crippen LogP contribution is 2.29. The summed E-state index contributed by atoms with van der Waals surface area (Å²) in [7, 11) is 0. The summed E-state index contributed by atoms with van der Waals surface area (Å²) in [6, 6.07) is 18.8. The topological polar surface area (TPSA) is 73.0 Å². The number of amides is 3. The Morgan fingerprint density at radius 1 is 0.806 bits per heavy atom. The second-order valence-electron chi connectivity index (χ2n) is 9.32. The number of benzene rings is 3. The molecule has 0 saturated carbocycles. The molecule has 0 radical (unpaired) electrons. The third-order valence-electron chi connectivity index (χ3n) is 6.98. The van der Waals surface area contributed by atoms with Crippen molar-refractivity contribution in [1.82, 2.24) is 20.0 Å². The summed E-state index contributed by atoms with van der Waals surface area (Å²) < 4.78 is 0. The van der Waals surface area contributed by atoms with Gasteiger partial charge in [-0.1, -0.05) is 48.0 Å². The Morgan fingerprint density at radius 3 is 2.06 bits per heavy atom. The monoisotopic (exact) mass is 504 g/mol. The van der Waals surface area contributed by atoms with E-state index in [1.165, 1.54) is 4.90 Å². The highest BCUT2D eigenvalue weighted by atomic mass is 35.5. The van der Waals surface area contributed by atoms with Crippen molar-refractivity contribution >= 4 is 40.1 Å². The highest BCUT2D eigenvalue weighted by molar-refractivity contribution is 6.30. The van der Waals surface area contributed by atoms with Crippen LogP contribution in [0.3, 0.4) is 0 Å². The van der Waals surface area contributed by atoms with Crippen LogP contribution in [0.2, 0.25) is 5.02 Å². The van der Waals surface area contributed by atoms with E-state index in [9.17, 15) is 14.4 Å². The average molecular weight is 505 g/mol. The molecule has 0 aliphatic carbocycles. The molecular weight excluding hydrogens is 476 g/mol. The predicted molar refractivity (Wildman–Crippen MR) is 140 cm³/mol. The van der Waals surface area contributed by atoms with Crippen molar-refractivity contribution in [3.05, 3.63) is 82.4 Å². The summed E-state index contributed by atoms with van der Waals surface area (Å²) in [5.74, 6) is -0.425. The summed E-state index contributed by atoms with van der Waals surface area (Å²) in [6.07, 6.45) is 0.767. The molecule has 1 N–H and O–H groups in total. The number of hydrogen-bond donors (Lipinski definition) is 1. The van der Waals surface area contributed by atoms with Crippen molar-refractivity contribution in [1.29, 1.82) is 0 Å². The Labute approximate surface area is 215 Å². The Morgan fingerprint density at radius 2 is 1.42 bits per heavy atom. The number of rotatable bonds is 8. The molecule has 3 aromatic rings. The summed E-state index contributed by atoms with van der Waals surface area (Å²) in [5, 5.41) is 5.37. The molecule has 1 fully saturated rings. The fourth-order valence-electron chi connectivity index (χ4n) is 4.95. The molecule has 0 unspecified atom stereocenters. The maximum atomic E-state index is 13.1. The molecule has 3 amide bonds. The molecule has 0 spiro atoms. The second kappa shape index (κ2) is 10.8. The van der Waals surface area contributed by atoms with Crippen molar-refractivity contribution in [3.63, 3.8) is 0 Å². The van der Waals surface area contributed by atoms with Crippen LogP contribution in [0.4, 0.5) is 0 Å². The lowest BCUT2D eigenvalue weighted by Crippen LogP contribution is -2.52. The molecule has 0 aromatic heterocycles. The third-order valence-corrected chi connectivity index (χ3v) is 7.23. The van der Waals surface area contributed by atoms with Crippen LogP contribution in [0, 0.1) is 0 Å². The third kappa shape index (κ3) is 5.28. The SMILES string of the molecule is O=C(CN1CCN(CCN2C(=O)c3cccc4cccc(c34)C2=O)CC1)NCCc1ccc(Cl)cc1. The number of hydrogen-bond acceptors (Lipinski definition) is 5. The van der Waals surface area contributed by atoms with Crippen LogP contribution in [0.25, 0.3) is 10.8 Å². The molecule has 186 valence electrons. The Hall–Kier alpha value is -3.26. The number of nitrogens with zero attached hydrogens (tertiary/aromatic N) is 3. The van der Waals surface area contributed by atoms with Crippen LogP contribution in [-0.2, 0) is 11.2 Å². The molecule has 0 bridgehead atoms. The molecule has 1 saturated heterocycles. The molecule has 36 heavy (non-hydrogen) atoms. The lowest BCUT2D eigenvalue weighted by atomic mass is 9.94. The molecule has 8 heteroatoms. The minimum absolute atomic E-state index is 0.0229. The van der Waals surface area contributed by atoms with Gasteiger partial charge in [-0.15, -0.1) is 0 Å².